The van der Waals surface area contributed by atoms with Gasteiger partial charge in [0.2, 0.25) is 5.91 Å². The lowest BCUT2D eigenvalue weighted by atomic mass is 10.1. The minimum Gasteiger partial charge on any atom is -0.508 e. The molecule has 0 spiro atoms. The second-order valence-corrected chi connectivity index (χ2v) is 16.8. The Balaban J connectivity index is 0.000000161. The topological polar surface area (TPSA) is 190 Å². The van der Waals surface area contributed by atoms with E-state index in [2.05, 4.69) is 40.4 Å². The van der Waals surface area contributed by atoms with Crippen molar-refractivity contribution in [3.63, 3.8) is 0 Å². The Morgan fingerprint density at radius 1 is 0.826 bits per heavy atom. The number of rotatable bonds is 12. The fourth-order valence-electron chi connectivity index (χ4n) is 8.28. The molecule has 2 unspecified atom stereocenters. The van der Waals surface area contributed by atoms with Gasteiger partial charge in [0.05, 0.1) is 49.2 Å². The second-order valence-electron chi connectivity index (χ2n) is 16.4. The molecule has 0 saturated carbocycles. The average molecular weight is 962 g/mol. The van der Waals surface area contributed by atoms with Crippen LogP contribution in [0.25, 0.3) is 27.5 Å². The minimum atomic E-state index is -0.350. The third-order valence-corrected chi connectivity index (χ3v) is 12.0. The van der Waals surface area contributed by atoms with Crippen LogP contribution in [0.15, 0.2) is 108 Å². The molecule has 0 radical (unpaired) electrons. The van der Waals surface area contributed by atoms with Crippen LogP contribution in [-0.2, 0) is 14.3 Å². The van der Waals surface area contributed by atoms with Gasteiger partial charge in [0.15, 0.2) is 0 Å². The Labute approximate surface area is 405 Å². The van der Waals surface area contributed by atoms with Crippen LogP contribution >= 0.6 is 11.6 Å². The van der Waals surface area contributed by atoms with E-state index in [4.69, 9.17) is 35.3 Å². The number of pyridine rings is 3. The van der Waals surface area contributed by atoms with E-state index in [1.807, 2.05) is 54.4 Å². The molecule has 8 heterocycles. The number of aryl methyl sites for hydroxylation is 1. The van der Waals surface area contributed by atoms with Crippen LogP contribution in [0.3, 0.4) is 0 Å². The molecule has 4 aliphatic heterocycles. The number of likely N-dealkylation sites (N-methyl/N-ethyl adjacent to an activating group) is 1. The number of benzene rings is 2. The predicted octanol–water partition coefficient (Wildman–Crippen LogP) is 5.56. The summed E-state index contributed by atoms with van der Waals surface area (Å²) in [5.41, 5.74) is 3.21. The van der Waals surface area contributed by atoms with Crippen LogP contribution in [-0.4, -0.2) is 161 Å². The summed E-state index contributed by atoms with van der Waals surface area (Å²) in [5.74, 6) is 4.70. The highest BCUT2D eigenvalue weighted by Crippen LogP contribution is 2.33. The molecule has 362 valence electrons. The standard InChI is InChI=1S/C25H29N5O4.C19H16N4O3.C6H12ClNO/c1-17-24(25(31)26-2)30-8-6-19(16-23(30)28-17)34-22-5-7-27-21-15-18(3-4-20(21)22)33-14-11-29-9-12-32-13-10-29;1-11-18(19(25)20-2)23-8-6-13(10-17(23)22-11)26-16-5-7-21-15-9-12(24)3-4-14(15)16;7-1-2-8-3-5-9-6-4-8/h3-8,15-17,24H,9-14H2,1-2H3,(H,26,31);3-10,24H,1-2H3,(H,20,25);1-6H2. The highest BCUT2D eigenvalue weighted by Gasteiger charge is 2.38. The average Bonchev–Trinajstić information content (AvgIpc) is 3.88. The number of hydrogen-bond acceptors (Lipinski definition) is 15. The maximum atomic E-state index is 12.2. The number of aromatic nitrogens is 4. The van der Waals surface area contributed by atoms with Gasteiger partial charge >= 0.3 is 0 Å². The number of ether oxygens (including phenoxy) is 5. The smallest absolute Gasteiger partial charge is 0.269 e. The van der Waals surface area contributed by atoms with Crippen molar-refractivity contribution in [3.05, 3.63) is 115 Å². The SMILES string of the molecule is CNC(=O)C1C(C)N=C2C=C(Oc3ccnc4cc(OCCN5CCOCC5)ccc34)C=CN21.CNC(=O)c1c(C)nc2cc(Oc3ccnc4cc(O)ccc34)ccn12.ClCCN1CCOCC1. The number of allylic oxidation sites excluding steroid dienone is 1. The number of fused-ring (bicyclic) bond motifs is 4. The Hall–Kier alpha value is -6.83. The molecule has 2 saturated heterocycles. The summed E-state index contributed by atoms with van der Waals surface area (Å²) in [7, 11) is 3.23. The Morgan fingerprint density at radius 2 is 1.49 bits per heavy atom. The first-order chi connectivity index (χ1) is 33.6. The van der Waals surface area contributed by atoms with Gasteiger partial charge in [-0.1, -0.05) is 0 Å². The number of nitrogens with one attached hydrogen (secondary N) is 2. The first kappa shape index (κ1) is 48.6. The fraction of sp³-hybridized carbons (Fsp3) is 0.360. The highest BCUT2D eigenvalue weighted by atomic mass is 35.5. The van der Waals surface area contributed by atoms with Crippen molar-refractivity contribution in [2.24, 2.45) is 4.99 Å². The molecule has 3 N–H and O–H groups in total. The van der Waals surface area contributed by atoms with Crippen LogP contribution in [0.5, 0.6) is 28.7 Å². The van der Waals surface area contributed by atoms with Gasteiger partial charge in [0.25, 0.3) is 5.91 Å². The van der Waals surface area contributed by atoms with Crippen molar-refractivity contribution < 1.29 is 38.4 Å². The van der Waals surface area contributed by atoms with Gasteiger partial charge in [-0.15, -0.1) is 11.6 Å². The number of aliphatic imine (C=N–C) groups is 1. The van der Waals surface area contributed by atoms with E-state index in [-0.39, 0.29) is 29.6 Å². The summed E-state index contributed by atoms with van der Waals surface area (Å²) >= 11 is 5.55. The molecular formula is C50H57ClN10O8. The number of imidazole rings is 1. The van der Waals surface area contributed by atoms with E-state index in [0.29, 0.717) is 58.0 Å². The fourth-order valence-corrected chi connectivity index (χ4v) is 8.52. The van der Waals surface area contributed by atoms with Gasteiger partial charge in [-0.3, -0.25) is 38.7 Å². The number of amidine groups is 1. The highest BCUT2D eigenvalue weighted by molar-refractivity contribution is 6.18. The molecule has 18 nitrogen and oxygen atoms in total. The lowest BCUT2D eigenvalue weighted by Crippen LogP contribution is -2.46. The van der Waals surface area contributed by atoms with Crippen molar-refractivity contribution in [1.29, 1.82) is 0 Å². The Morgan fingerprint density at radius 3 is 2.17 bits per heavy atom. The van der Waals surface area contributed by atoms with Crippen LogP contribution in [0, 0.1) is 6.92 Å². The van der Waals surface area contributed by atoms with Crippen molar-refractivity contribution in [3.8, 4) is 28.7 Å². The summed E-state index contributed by atoms with van der Waals surface area (Å²) in [6.07, 6.45) is 10.7. The molecule has 10 rings (SSSR count). The summed E-state index contributed by atoms with van der Waals surface area (Å²) < 4.78 is 30.4. The number of hydrogen-bond donors (Lipinski definition) is 3. The van der Waals surface area contributed by atoms with E-state index in [0.717, 1.165) is 93.6 Å². The maximum absolute atomic E-state index is 12.2. The number of amides is 2. The molecule has 2 fully saturated rings. The summed E-state index contributed by atoms with van der Waals surface area (Å²) in [4.78, 5) is 48.6. The molecule has 2 atom stereocenters. The molecule has 4 aromatic heterocycles. The Kier molecular flexibility index (Phi) is 16.2. The molecule has 69 heavy (non-hydrogen) atoms. The predicted molar refractivity (Wildman–Crippen MR) is 264 cm³/mol. The number of carbonyl (C=O) groups excluding carboxylic acids is 2. The van der Waals surface area contributed by atoms with Gasteiger partial charge in [-0.2, -0.15) is 0 Å². The molecule has 0 bridgehead atoms. The molecule has 4 aliphatic rings. The van der Waals surface area contributed by atoms with Gasteiger partial charge in [-0.05, 0) is 62.4 Å². The first-order valence-electron chi connectivity index (χ1n) is 22.9. The number of morpholine rings is 2. The molecule has 6 aromatic rings. The third-order valence-electron chi connectivity index (χ3n) is 11.9. The molecule has 19 heteroatoms. The van der Waals surface area contributed by atoms with Crippen molar-refractivity contribution >= 4 is 56.7 Å². The second kappa shape index (κ2) is 23.0. The van der Waals surface area contributed by atoms with E-state index in [1.165, 1.54) is 0 Å². The van der Waals surface area contributed by atoms with Crippen molar-refractivity contribution in [2.75, 3.05) is 92.3 Å². The van der Waals surface area contributed by atoms with Gasteiger partial charge in [0.1, 0.15) is 64.3 Å². The summed E-state index contributed by atoms with van der Waals surface area (Å²) in [5, 5.41) is 16.6. The molecule has 2 aromatic carbocycles. The molecular weight excluding hydrogens is 904 g/mol. The van der Waals surface area contributed by atoms with E-state index >= 15 is 0 Å². The van der Waals surface area contributed by atoms with E-state index < -0.39 is 0 Å². The molecule has 0 aliphatic carbocycles. The number of aromatic hydroxyl groups is 1. The quantitative estimate of drug-likeness (QED) is 0.129. The lowest BCUT2D eigenvalue weighted by Gasteiger charge is -2.26. The van der Waals surface area contributed by atoms with Crippen LogP contribution < -0.4 is 24.8 Å². The molecule has 2 amide bonds. The van der Waals surface area contributed by atoms with Crippen LogP contribution in [0.2, 0.25) is 0 Å². The monoisotopic (exact) mass is 960 g/mol. The number of phenolic OH excluding ortho intramolecular Hbond substituents is 1. The van der Waals surface area contributed by atoms with E-state index in [1.54, 1.807) is 80.4 Å². The number of halogens is 1. The number of phenols is 1. The zero-order valence-electron chi connectivity index (χ0n) is 39.1. The summed E-state index contributed by atoms with van der Waals surface area (Å²) in [6, 6.07) is 17.4. The third kappa shape index (κ3) is 11.9. The zero-order chi connectivity index (χ0) is 48.3. The van der Waals surface area contributed by atoms with Crippen molar-refractivity contribution in [1.82, 2.24) is 44.7 Å². The number of nitrogens with zero attached hydrogens (tertiary/aromatic N) is 8. The normalized spacial score (nSPS) is 18.0. The van der Waals surface area contributed by atoms with Gasteiger partial charge < -0.3 is 44.3 Å². The van der Waals surface area contributed by atoms with Gasteiger partial charge in [-0.25, -0.2) is 4.98 Å². The van der Waals surface area contributed by atoms with Gasteiger partial charge in [0, 0.05) is 119 Å². The van der Waals surface area contributed by atoms with Crippen molar-refractivity contribution in [2.45, 2.75) is 25.9 Å². The van der Waals surface area contributed by atoms with E-state index in [9.17, 15) is 14.7 Å². The Bertz CT molecular complexity index is 2860. The van der Waals surface area contributed by atoms with Crippen LogP contribution in [0.1, 0.15) is 23.1 Å². The lowest BCUT2D eigenvalue weighted by molar-refractivity contribution is -0.124. The first-order valence-corrected chi connectivity index (χ1v) is 23.5. The summed E-state index contributed by atoms with van der Waals surface area (Å²) in [6.45, 7) is 13.5. The number of alkyl halides is 1. The number of carbonyl (C=O) groups is 2. The minimum absolute atomic E-state index is 0.0586. The maximum Gasteiger partial charge on any atom is 0.269 e. The largest absolute Gasteiger partial charge is 0.508 e. The zero-order valence-corrected chi connectivity index (χ0v) is 39.9. The van der Waals surface area contributed by atoms with Crippen LogP contribution in [0.4, 0.5) is 0 Å².